The van der Waals surface area contributed by atoms with Crippen LogP contribution in [-0.2, 0) is 15.1 Å². The van der Waals surface area contributed by atoms with Crippen molar-refractivity contribution in [3.05, 3.63) is 79.8 Å². The van der Waals surface area contributed by atoms with Gasteiger partial charge >= 0.3 is 5.97 Å². The van der Waals surface area contributed by atoms with Crippen LogP contribution in [0.25, 0.3) is 0 Å². The smallest absolute Gasteiger partial charge is 0.347 e. The molecule has 0 aromatic heterocycles. The van der Waals surface area contributed by atoms with Gasteiger partial charge in [0.25, 0.3) is 0 Å². The second kappa shape index (κ2) is 8.26. The molecule has 0 spiro atoms. The first-order valence-electron chi connectivity index (χ1n) is 9.89. The molecule has 164 valence electrons. The number of hydrogen-bond acceptors (Lipinski definition) is 3. The lowest BCUT2D eigenvalue weighted by atomic mass is 9.86. The summed E-state index contributed by atoms with van der Waals surface area (Å²) < 4.78 is 6.73. The second-order valence-corrected chi connectivity index (χ2v) is 10.2. The number of carbonyl (C=O) groups is 1. The van der Waals surface area contributed by atoms with Gasteiger partial charge in [-0.15, -0.1) is 0 Å². The summed E-state index contributed by atoms with van der Waals surface area (Å²) in [7, 11) is 4.35. The minimum Gasteiger partial charge on any atom is -0.459 e. The molecule has 2 aliphatic rings. The van der Waals surface area contributed by atoms with Gasteiger partial charge in [0, 0.05) is 24.0 Å². The fraction of sp³-hybridized carbons (Fsp3) is 0.348. The van der Waals surface area contributed by atoms with Crippen molar-refractivity contribution < 1.29 is 19.1 Å². The molecule has 2 bridgehead atoms. The number of nitrogens with zero attached hydrogens (tertiary/aromatic N) is 1. The van der Waals surface area contributed by atoms with E-state index in [2.05, 4.69) is 26.2 Å². The fourth-order valence-electron chi connectivity index (χ4n) is 4.46. The molecule has 0 radical (unpaired) electrons. The molecule has 1 N–H and O–H groups in total. The van der Waals surface area contributed by atoms with E-state index in [1.54, 1.807) is 12.1 Å². The third-order valence-electron chi connectivity index (χ3n) is 6.52. The molecule has 2 aliphatic heterocycles. The van der Waals surface area contributed by atoms with Crippen LogP contribution < -0.4 is 0 Å². The highest BCUT2D eigenvalue weighted by Crippen LogP contribution is 2.40. The molecule has 0 aliphatic carbocycles. The average molecular weight is 502 g/mol. The van der Waals surface area contributed by atoms with Gasteiger partial charge in [-0.25, -0.2) is 4.79 Å². The Morgan fingerprint density at radius 3 is 1.77 bits per heavy atom. The molecule has 8 heteroatoms. The fourth-order valence-corrected chi connectivity index (χ4v) is 5.06. The monoisotopic (exact) mass is 500 g/mol. The minimum absolute atomic E-state index is 0.212. The second-order valence-electron chi connectivity index (χ2n) is 8.62. The maximum absolute atomic E-state index is 13.5. The molecule has 31 heavy (non-hydrogen) atoms. The number of aliphatic hydroxyl groups is 1. The number of fused-ring (bicyclic) bond motifs is 2. The van der Waals surface area contributed by atoms with Gasteiger partial charge in [0.05, 0.1) is 34.2 Å². The number of ether oxygens (including phenoxy) is 1. The number of halogens is 4. The predicted molar refractivity (Wildman–Crippen MR) is 124 cm³/mol. The maximum atomic E-state index is 13.5. The first-order chi connectivity index (χ1) is 14.5. The number of benzene rings is 2. The van der Waals surface area contributed by atoms with Crippen LogP contribution in [0.4, 0.5) is 0 Å². The third-order valence-corrected chi connectivity index (χ3v) is 8.00. The van der Waals surface area contributed by atoms with Crippen LogP contribution in [0.2, 0.25) is 20.1 Å². The number of esters is 1. The van der Waals surface area contributed by atoms with Crippen molar-refractivity contribution in [2.45, 2.75) is 36.6 Å². The summed E-state index contributed by atoms with van der Waals surface area (Å²) >= 11 is 24.5. The largest absolute Gasteiger partial charge is 0.459 e. The maximum Gasteiger partial charge on any atom is 0.347 e. The van der Waals surface area contributed by atoms with Crippen molar-refractivity contribution in [2.24, 2.45) is 0 Å². The summed E-state index contributed by atoms with van der Waals surface area (Å²) in [5, 5.41) is 12.8. The van der Waals surface area contributed by atoms with Crippen molar-refractivity contribution in [2.75, 3.05) is 14.1 Å². The Morgan fingerprint density at radius 2 is 1.35 bits per heavy atom. The van der Waals surface area contributed by atoms with Crippen LogP contribution >= 0.6 is 46.4 Å². The number of carbonyl (C=O) groups excluding carboxylic acids is 1. The van der Waals surface area contributed by atoms with Crippen molar-refractivity contribution in [3.8, 4) is 0 Å². The lowest BCUT2D eigenvalue weighted by Crippen LogP contribution is -2.57. The van der Waals surface area contributed by atoms with Gasteiger partial charge in [0.15, 0.2) is 0 Å². The molecule has 2 aromatic carbocycles. The number of rotatable bonds is 4. The van der Waals surface area contributed by atoms with Gasteiger partial charge in [-0.05, 0) is 36.4 Å². The molecule has 4 rings (SSSR count). The highest BCUT2D eigenvalue weighted by molar-refractivity contribution is 6.42. The van der Waals surface area contributed by atoms with Crippen molar-refractivity contribution >= 4 is 52.4 Å². The number of likely N-dealkylation sites (N-methyl/N-ethyl adjacent to an activating group) is 1. The van der Waals surface area contributed by atoms with E-state index >= 15 is 0 Å². The van der Waals surface area contributed by atoms with Crippen LogP contribution in [0, 0.1) is 0 Å². The van der Waals surface area contributed by atoms with Crippen LogP contribution in [0.15, 0.2) is 48.6 Å². The van der Waals surface area contributed by atoms with E-state index in [4.69, 9.17) is 51.1 Å². The highest BCUT2D eigenvalue weighted by Gasteiger charge is 2.49. The summed E-state index contributed by atoms with van der Waals surface area (Å²) in [6.07, 6.45) is 5.42. The van der Waals surface area contributed by atoms with Gasteiger partial charge in [-0.2, -0.15) is 0 Å². The Morgan fingerprint density at radius 1 is 0.903 bits per heavy atom. The number of quaternary nitrogens is 1. The molecule has 2 heterocycles. The Bertz CT molecular complexity index is 999. The SMILES string of the molecule is C[N+]1(C)C2C=CC1CC(OC(=O)C(O)(c1ccc(Cl)c(Cl)c1)c1ccc(Cl)c(Cl)c1)C2. The summed E-state index contributed by atoms with van der Waals surface area (Å²) in [4.78, 5) is 13.5. The zero-order valence-electron chi connectivity index (χ0n) is 17.0. The average Bonchev–Trinajstić information content (AvgIpc) is 2.88. The number of piperidine rings is 1. The van der Waals surface area contributed by atoms with Crippen molar-refractivity contribution in [1.29, 1.82) is 0 Å². The molecule has 2 atom stereocenters. The van der Waals surface area contributed by atoms with E-state index in [1.807, 2.05) is 0 Å². The quantitative estimate of drug-likeness (QED) is 0.335. The molecular weight excluding hydrogens is 480 g/mol. The predicted octanol–water partition coefficient (Wildman–Crippen LogP) is 5.63. The first-order valence-corrected chi connectivity index (χ1v) is 11.4. The van der Waals surface area contributed by atoms with Crippen LogP contribution in [0.3, 0.4) is 0 Å². The molecule has 2 unspecified atom stereocenters. The molecule has 1 fully saturated rings. The molecule has 0 amide bonds. The van der Waals surface area contributed by atoms with E-state index in [-0.39, 0.29) is 39.4 Å². The number of hydrogen-bond donors (Lipinski definition) is 1. The molecule has 0 saturated carbocycles. The minimum atomic E-state index is -2.13. The van der Waals surface area contributed by atoms with Crippen LogP contribution in [-0.4, -0.2) is 47.8 Å². The summed E-state index contributed by atoms with van der Waals surface area (Å²) in [6.45, 7) is 0. The Balaban J connectivity index is 1.70. The summed E-state index contributed by atoms with van der Waals surface area (Å²) in [5.74, 6) is -0.791. The molecule has 2 aromatic rings. The zero-order chi connectivity index (χ0) is 22.6. The Hall–Kier alpha value is -1.27. The van der Waals surface area contributed by atoms with Gasteiger partial charge in [0.1, 0.15) is 18.2 Å². The summed E-state index contributed by atoms with van der Waals surface area (Å²) in [5.41, 5.74) is -1.66. The first kappa shape index (κ1) is 22.9. The molecule has 4 nitrogen and oxygen atoms in total. The van der Waals surface area contributed by atoms with E-state index in [1.165, 1.54) is 24.3 Å². The van der Waals surface area contributed by atoms with Gasteiger partial charge < -0.3 is 14.3 Å². The normalized spacial score (nSPS) is 24.3. The lowest BCUT2D eigenvalue weighted by molar-refractivity contribution is -0.926. The third kappa shape index (κ3) is 3.99. The molecule has 1 saturated heterocycles. The van der Waals surface area contributed by atoms with Crippen molar-refractivity contribution in [3.63, 3.8) is 0 Å². The van der Waals surface area contributed by atoms with Gasteiger partial charge in [-0.3, -0.25) is 0 Å². The van der Waals surface area contributed by atoms with Gasteiger partial charge in [0.2, 0.25) is 5.60 Å². The Labute approximate surface area is 201 Å². The lowest BCUT2D eigenvalue weighted by Gasteiger charge is -2.44. The van der Waals surface area contributed by atoms with E-state index in [0.717, 1.165) is 4.48 Å². The van der Waals surface area contributed by atoms with Gasteiger partial charge in [-0.1, -0.05) is 58.5 Å². The van der Waals surface area contributed by atoms with E-state index in [9.17, 15) is 9.90 Å². The van der Waals surface area contributed by atoms with Crippen LogP contribution in [0.5, 0.6) is 0 Å². The zero-order valence-corrected chi connectivity index (χ0v) is 20.0. The van der Waals surface area contributed by atoms with E-state index in [0.29, 0.717) is 22.9 Å². The Kier molecular flexibility index (Phi) is 6.10. The standard InChI is InChI=1S/C23H22Cl4NO3/c1-28(2)15-5-6-16(28)12-17(11-15)31-22(29)23(30,13-3-7-18(24)20(26)9-13)14-4-8-19(25)21(27)10-14/h3-10,15-17,30H,11-12H2,1-2H3/q+1. The van der Waals surface area contributed by atoms with E-state index < -0.39 is 11.6 Å². The van der Waals surface area contributed by atoms with Crippen LogP contribution in [0.1, 0.15) is 24.0 Å². The van der Waals surface area contributed by atoms with Crippen molar-refractivity contribution in [1.82, 2.24) is 0 Å². The highest BCUT2D eigenvalue weighted by atomic mass is 35.5. The molecular formula is C23H22Cl4NO3+. The summed E-state index contributed by atoms with van der Waals surface area (Å²) in [6, 6.07) is 9.59. The topological polar surface area (TPSA) is 46.5 Å².